The van der Waals surface area contributed by atoms with Crippen LogP contribution in [0.25, 0.3) is 0 Å². The van der Waals surface area contributed by atoms with Gasteiger partial charge in [0.25, 0.3) is 0 Å². The van der Waals surface area contributed by atoms with Crippen molar-refractivity contribution in [1.29, 1.82) is 0 Å². The van der Waals surface area contributed by atoms with Crippen molar-refractivity contribution in [2.24, 2.45) is 0 Å². The van der Waals surface area contributed by atoms with Crippen LogP contribution in [0.3, 0.4) is 0 Å². The van der Waals surface area contributed by atoms with Crippen molar-refractivity contribution in [2.75, 3.05) is 12.4 Å². The monoisotopic (exact) mass is 337 g/mol. The number of phenolic OH excluding ortho intramolecular Hbond substituents is 1. The molecule has 0 heterocycles. The molecule has 1 amide bonds. The van der Waals surface area contributed by atoms with E-state index < -0.39 is 35.3 Å². The quantitative estimate of drug-likeness (QED) is 0.736. The van der Waals surface area contributed by atoms with Crippen LogP contribution in [-0.4, -0.2) is 35.2 Å². The smallest absolute Gasteiger partial charge is 0.418 e. The molecule has 1 aromatic carbocycles. The zero-order valence-corrected chi connectivity index (χ0v) is 13.0. The van der Waals surface area contributed by atoms with Crippen LogP contribution in [0.1, 0.15) is 32.4 Å². The van der Waals surface area contributed by atoms with E-state index in [1.165, 1.54) is 0 Å². The Morgan fingerprint density at radius 1 is 1.26 bits per heavy atom. The highest BCUT2D eigenvalue weighted by Gasteiger charge is 2.40. The van der Waals surface area contributed by atoms with Gasteiger partial charge in [-0.05, 0) is 38.5 Å². The molecule has 0 aliphatic carbocycles. The van der Waals surface area contributed by atoms with Crippen LogP contribution in [0.15, 0.2) is 12.1 Å². The SMILES string of the molecule is COc1cc(C(O)C(F)(F)F)cc(NC(=O)OC(C)(C)C)c1O. The zero-order chi connectivity index (χ0) is 18.0. The number of alkyl halides is 3. The maximum Gasteiger partial charge on any atom is 0.418 e. The third-order valence-corrected chi connectivity index (χ3v) is 2.58. The van der Waals surface area contributed by atoms with E-state index in [1.54, 1.807) is 20.8 Å². The Labute approximate surface area is 130 Å². The number of carbonyl (C=O) groups is 1. The summed E-state index contributed by atoms with van der Waals surface area (Å²) in [6.07, 6.45) is -8.68. The first kappa shape index (κ1) is 18.9. The first-order chi connectivity index (χ1) is 10.3. The molecule has 9 heteroatoms. The van der Waals surface area contributed by atoms with E-state index >= 15 is 0 Å². The maximum absolute atomic E-state index is 12.6. The molecular formula is C14H18F3NO5. The lowest BCUT2D eigenvalue weighted by molar-refractivity contribution is -0.206. The highest BCUT2D eigenvalue weighted by atomic mass is 19.4. The minimum Gasteiger partial charge on any atom is -0.503 e. The van der Waals surface area contributed by atoms with Gasteiger partial charge < -0.3 is 19.7 Å². The van der Waals surface area contributed by atoms with Gasteiger partial charge in [-0.15, -0.1) is 0 Å². The van der Waals surface area contributed by atoms with Gasteiger partial charge in [0.1, 0.15) is 5.60 Å². The third-order valence-electron chi connectivity index (χ3n) is 2.58. The van der Waals surface area contributed by atoms with E-state index in [1.807, 2.05) is 0 Å². The van der Waals surface area contributed by atoms with E-state index in [9.17, 15) is 28.2 Å². The van der Waals surface area contributed by atoms with Crippen LogP contribution in [0, 0.1) is 0 Å². The number of halogens is 3. The fourth-order valence-electron chi connectivity index (χ4n) is 1.64. The predicted octanol–water partition coefficient (Wildman–Crippen LogP) is 3.34. The van der Waals surface area contributed by atoms with Crippen LogP contribution in [0.4, 0.5) is 23.7 Å². The second-order valence-electron chi connectivity index (χ2n) is 5.69. The number of ether oxygens (including phenoxy) is 2. The molecule has 0 aliphatic rings. The molecule has 0 radical (unpaired) electrons. The number of aliphatic hydroxyl groups is 1. The predicted molar refractivity (Wildman–Crippen MR) is 75.5 cm³/mol. The number of anilines is 1. The van der Waals surface area contributed by atoms with Crippen LogP contribution in [-0.2, 0) is 4.74 Å². The van der Waals surface area contributed by atoms with E-state index in [0.717, 1.165) is 19.2 Å². The summed E-state index contributed by atoms with van der Waals surface area (Å²) in [5.41, 5.74) is -1.82. The average Bonchev–Trinajstić information content (AvgIpc) is 2.37. The second-order valence-corrected chi connectivity index (χ2v) is 5.69. The highest BCUT2D eigenvalue weighted by Crippen LogP contribution is 2.41. The van der Waals surface area contributed by atoms with Crippen LogP contribution in [0.5, 0.6) is 11.5 Å². The maximum atomic E-state index is 12.6. The Kier molecular flexibility index (Phi) is 5.36. The molecule has 1 aromatic rings. The minimum absolute atomic E-state index is 0.336. The number of hydrogen-bond donors (Lipinski definition) is 3. The summed E-state index contributed by atoms with van der Waals surface area (Å²) in [6, 6.07) is 1.62. The Morgan fingerprint density at radius 3 is 2.26 bits per heavy atom. The van der Waals surface area contributed by atoms with Gasteiger partial charge in [-0.1, -0.05) is 0 Å². The number of carbonyl (C=O) groups excluding carboxylic acids is 1. The summed E-state index contributed by atoms with van der Waals surface area (Å²) < 4.78 is 47.6. The Bertz CT molecular complexity index is 581. The largest absolute Gasteiger partial charge is 0.503 e. The molecule has 23 heavy (non-hydrogen) atoms. The van der Waals surface area contributed by atoms with Gasteiger partial charge in [0.2, 0.25) is 0 Å². The summed E-state index contributed by atoms with van der Waals surface area (Å²) in [5, 5.41) is 21.3. The zero-order valence-electron chi connectivity index (χ0n) is 13.0. The molecular weight excluding hydrogens is 319 g/mol. The highest BCUT2D eigenvalue weighted by molar-refractivity contribution is 5.88. The minimum atomic E-state index is -4.91. The molecule has 0 aromatic heterocycles. The first-order valence-corrected chi connectivity index (χ1v) is 6.51. The van der Waals surface area contributed by atoms with Gasteiger partial charge in [0, 0.05) is 0 Å². The number of nitrogens with one attached hydrogen (secondary N) is 1. The number of aliphatic hydroxyl groups excluding tert-OH is 1. The van der Waals surface area contributed by atoms with Gasteiger partial charge >= 0.3 is 12.3 Å². The summed E-state index contributed by atoms with van der Waals surface area (Å²) in [5.74, 6) is -0.923. The Morgan fingerprint density at radius 2 is 1.83 bits per heavy atom. The normalized spacial score (nSPS) is 13.4. The Hall–Kier alpha value is -2.16. The summed E-state index contributed by atoms with van der Waals surface area (Å²) >= 11 is 0. The molecule has 3 N–H and O–H groups in total. The molecule has 0 saturated carbocycles. The van der Waals surface area contributed by atoms with Gasteiger partial charge in [-0.2, -0.15) is 13.2 Å². The number of hydrogen-bond acceptors (Lipinski definition) is 5. The molecule has 1 atom stereocenters. The lowest BCUT2D eigenvalue weighted by Crippen LogP contribution is -2.27. The van der Waals surface area contributed by atoms with Crippen LogP contribution < -0.4 is 10.1 Å². The molecule has 0 fully saturated rings. The van der Waals surface area contributed by atoms with Crippen LogP contribution in [0.2, 0.25) is 0 Å². The number of rotatable bonds is 3. The molecule has 0 bridgehead atoms. The van der Waals surface area contributed by atoms with E-state index in [-0.39, 0.29) is 11.4 Å². The van der Waals surface area contributed by atoms with Crippen molar-refractivity contribution < 1.29 is 37.7 Å². The molecule has 130 valence electrons. The fourth-order valence-corrected chi connectivity index (χ4v) is 1.64. The lowest BCUT2D eigenvalue weighted by atomic mass is 10.1. The summed E-state index contributed by atoms with van der Waals surface area (Å²) in [6.45, 7) is 4.78. The van der Waals surface area contributed by atoms with Gasteiger partial charge in [0.05, 0.1) is 12.8 Å². The molecule has 1 unspecified atom stereocenters. The van der Waals surface area contributed by atoms with Gasteiger partial charge in [-0.3, -0.25) is 5.32 Å². The molecule has 0 aliphatic heterocycles. The number of aromatic hydroxyl groups is 1. The van der Waals surface area contributed by atoms with Crippen molar-refractivity contribution in [1.82, 2.24) is 0 Å². The van der Waals surface area contributed by atoms with Crippen LogP contribution >= 0.6 is 0 Å². The Balaban J connectivity index is 3.19. The number of benzene rings is 1. The first-order valence-electron chi connectivity index (χ1n) is 6.51. The number of amides is 1. The van der Waals surface area contributed by atoms with Crippen molar-refractivity contribution in [3.8, 4) is 11.5 Å². The average molecular weight is 337 g/mol. The lowest BCUT2D eigenvalue weighted by Gasteiger charge is -2.21. The standard InChI is InChI=1S/C14H18F3NO5/c1-13(2,3)23-12(21)18-8-5-7(11(20)14(15,16)17)6-9(22-4)10(8)19/h5-6,11,19-20H,1-4H3,(H,18,21). The molecule has 6 nitrogen and oxygen atoms in total. The van der Waals surface area contributed by atoms with Crippen molar-refractivity contribution in [3.63, 3.8) is 0 Å². The summed E-state index contributed by atoms with van der Waals surface area (Å²) in [7, 11) is 1.12. The van der Waals surface area contributed by atoms with E-state index in [4.69, 9.17) is 9.47 Å². The second kappa shape index (κ2) is 6.53. The number of phenols is 1. The van der Waals surface area contributed by atoms with Crippen molar-refractivity contribution in [2.45, 2.75) is 38.7 Å². The van der Waals surface area contributed by atoms with E-state index in [0.29, 0.717) is 0 Å². The topological polar surface area (TPSA) is 88.0 Å². The van der Waals surface area contributed by atoms with Crippen molar-refractivity contribution in [3.05, 3.63) is 17.7 Å². The van der Waals surface area contributed by atoms with E-state index in [2.05, 4.69) is 5.32 Å². The third kappa shape index (κ3) is 5.20. The molecule has 0 saturated heterocycles. The molecule has 0 spiro atoms. The van der Waals surface area contributed by atoms with Crippen molar-refractivity contribution >= 4 is 11.8 Å². The summed E-state index contributed by atoms with van der Waals surface area (Å²) in [4.78, 5) is 11.7. The van der Waals surface area contributed by atoms with Gasteiger partial charge in [0.15, 0.2) is 17.6 Å². The van der Waals surface area contributed by atoms with Gasteiger partial charge in [-0.25, -0.2) is 4.79 Å². The fraction of sp³-hybridized carbons (Fsp3) is 0.500. The molecule has 1 rings (SSSR count). The number of methoxy groups -OCH3 is 1.